The number of nitrogens with one attached hydrogen (secondary N) is 1. The van der Waals surface area contributed by atoms with E-state index in [1.807, 2.05) is 0 Å². The highest BCUT2D eigenvalue weighted by Crippen LogP contribution is 2.21. The molecule has 1 amide bonds. The first-order chi connectivity index (χ1) is 10.9. The summed E-state index contributed by atoms with van der Waals surface area (Å²) < 4.78 is 4.92. The number of carbonyl (C=O) groups excluding carboxylic acids is 2. The molecular formula is C16H12Cl3NO3. The first-order valence-corrected chi connectivity index (χ1v) is 7.72. The van der Waals surface area contributed by atoms with Crippen LogP contribution in [0.3, 0.4) is 0 Å². The fraction of sp³-hybridized carbons (Fsp3) is 0.125. The van der Waals surface area contributed by atoms with E-state index < -0.39 is 11.9 Å². The van der Waals surface area contributed by atoms with E-state index in [9.17, 15) is 9.59 Å². The van der Waals surface area contributed by atoms with Crippen LogP contribution in [-0.2, 0) is 20.7 Å². The summed E-state index contributed by atoms with van der Waals surface area (Å²) in [5, 5.41) is 4.01. The fourth-order valence-electron chi connectivity index (χ4n) is 1.75. The number of amides is 1. The molecule has 1 N–H and O–H groups in total. The van der Waals surface area contributed by atoms with Gasteiger partial charge in [-0.05, 0) is 42.0 Å². The summed E-state index contributed by atoms with van der Waals surface area (Å²) in [6, 6.07) is 11.4. The van der Waals surface area contributed by atoms with E-state index in [0.717, 1.165) is 0 Å². The van der Waals surface area contributed by atoms with Gasteiger partial charge in [0.05, 0.1) is 6.42 Å². The summed E-state index contributed by atoms with van der Waals surface area (Å²) in [4.78, 5) is 23.4. The zero-order chi connectivity index (χ0) is 16.8. The minimum absolute atomic E-state index is 0.0375. The van der Waals surface area contributed by atoms with E-state index in [0.29, 0.717) is 26.3 Å². The summed E-state index contributed by atoms with van der Waals surface area (Å²) in [7, 11) is 0. The van der Waals surface area contributed by atoms with Crippen LogP contribution in [0, 0.1) is 0 Å². The smallest absolute Gasteiger partial charge is 0.310 e. The van der Waals surface area contributed by atoms with E-state index in [1.54, 1.807) is 42.5 Å². The van der Waals surface area contributed by atoms with Crippen molar-refractivity contribution in [1.82, 2.24) is 0 Å². The van der Waals surface area contributed by atoms with Crippen LogP contribution in [0.4, 0.5) is 5.69 Å². The zero-order valence-electron chi connectivity index (χ0n) is 11.8. The lowest BCUT2D eigenvalue weighted by Crippen LogP contribution is -2.21. The highest BCUT2D eigenvalue weighted by molar-refractivity contribution is 6.35. The number of anilines is 1. The Balaban J connectivity index is 1.81. The van der Waals surface area contributed by atoms with Gasteiger partial charge in [-0.1, -0.05) is 40.9 Å². The van der Waals surface area contributed by atoms with Crippen molar-refractivity contribution in [2.45, 2.75) is 6.42 Å². The van der Waals surface area contributed by atoms with Crippen molar-refractivity contribution in [2.75, 3.05) is 11.9 Å². The van der Waals surface area contributed by atoms with E-state index >= 15 is 0 Å². The average molecular weight is 373 g/mol. The van der Waals surface area contributed by atoms with Gasteiger partial charge in [-0.15, -0.1) is 0 Å². The maximum Gasteiger partial charge on any atom is 0.310 e. The molecule has 120 valence electrons. The third-order valence-electron chi connectivity index (χ3n) is 2.84. The molecule has 2 aromatic rings. The molecular weight excluding hydrogens is 361 g/mol. The Morgan fingerprint density at radius 3 is 2.26 bits per heavy atom. The fourth-order valence-corrected chi connectivity index (χ4v) is 2.35. The number of benzene rings is 2. The highest BCUT2D eigenvalue weighted by Gasteiger charge is 2.11. The van der Waals surface area contributed by atoms with Crippen molar-refractivity contribution in [3.63, 3.8) is 0 Å². The quantitative estimate of drug-likeness (QED) is 0.793. The topological polar surface area (TPSA) is 55.4 Å². The van der Waals surface area contributed by atoms with Gasteiger partial charge in [-0.2, -0.15) is 0 Å². The molecule has 0 heterocycles. The molecule has 0 aliphatic rings. The Hall–Kier alpha value is -1.75. The van der Waals surface area contributed by atoms with E-state index in [4.69, 9.17) is 39.5 Å². The van der Waals surface area contributed by atoms with Gasteiger partial charge in [-0.25, -0.2) is 0 Å². The summed E-state index contributed by atoms with van der Waals surface area (Å²) in [5.41, 5.74) is 1.15. The molecule has 0 spiro atoms. The molecule has 2 rings (SSSR count). The van der Waals surface area contributed by atoms with Gasteiger partial charge in [0.1, 0.15) is 0 Å². The molecule has 0 saturated heterocycles. The molecule has 4 nitrogen and oxygen atoms in total. The second-order valence-electron chi connectivity index (χ2n) is 4.63. The monoisotopic (exact) mass is 371 g/mol. The van der Waals surface area contributed by atoms with Gasteiger partial charge >= 0.3 is 5.97 Å². The summed E-state index contributed by atoms with van der Waals surface area (Å²) >= 11 is 17.5. The zero-order valence-corrected chi connectivity index (χ0v) is 14.1. The van der Waals surface area contributed by atoms with Gasteiger partial charge in [0.15, 0.2) is 6.61 Å². The predicted molar refractivity (Wildman–Crippen MR) is 91.2 cm³/mol. The van der Waals surface area contributed by atoms with E-state index in [1.165, 1.54) is 0 Å². The molecule has 0 bridgehead atoms. The van der Waals surface area contributed by atoms with Crippen LogP contribution in [0.2, 0.25) is 15.1 Å². The predicted octanol–water partition coefficient (Wildman–Crippen LogP) is 4.37. The number of hydrogen-bond acceptors (Lipinski definition) is 3. The Kier molecular flexibility index (Phi) is 6.28. The SMILES string of the molecule is O=C(COC(=O)Cc1ccc(Cl)cc1Cl)Nc1ccc(Cl)cc1. The number of halogens is 3. The molecule has 0 aliphatic heterocycles. The van der Waals surface area contributed by atoms with Crippen molar-refractivity contribution in [3.8, 4) is 0 Å². The van der Waals surface area contributed by atoms with Crippen LogP contribution in [-0.4, -0.2) is 18.5 Å². The average Bonchev–Trinajstić information content (AvgIpc) is 2.50. The summed E-state index contributed by atoms with van der Waals surface area (Å²) in [6.45, 7) is -0.382. The Labute approximate surface area is 148 Å². The maximum atomic E-state index is 11.7. The lowest BCUT2D eigenvalue weighted by Gasteiger charge is -2.07. The number of esters is 1. The lowest BCUT2D eigenvalue weighted by molar-refractivity contribution is -0.146. The normalized spacial score (nSPS) is 10.2. The molecule has 0 aromatic heterocycles. The second kappa shape index (κ2) is 8.20. The molecule has 7 heteroatoms. The van der Waals surface area contributed by atoms with Crippen LogP contribution in [0.1, 0.15) is 5.56 Å². The van der Waals surface area contributed by atoms with Crippen LogP contribution in [0.25, 0.3) is 0 Å². The molecule has 2 aromatic carbocycles. The molecule has 0 atom stereocenters. The minimum atomic E-state index is -0.555. The second-order valence-corrected chi connectivity index (χ2v) is 5.91. The Morgan fingerprint density at radius 2 is 1.61 bits per heavy atom. The van der Waals surface area contributed by atoms with Crippen molar-refractivity contribution in [1.29, 1.82) is 0 Å². The van der Waals surface area contributed by atoms with Gasteiger partial charge in [-0.3, -0.25) is 9.59 Å². The Morgan fingerprint density at radius 1 is 0.957 bits per heavy atom. The van der Waals surface area contributed by atoms with E-state index in [-0.39, 0.29) is 13.0 Å². The van der Waals surface area contributed by atoms with Gasteiger partial charge < -0.3 is 10.1 Å². The third-order valence-corrected chi connectivity index (χ3v) is 3.68. The summed E-state index contributed by atoms with van der Waals surface area (Å²) in [6.07, 6.45) is -0.0375. The molecule has 0 radical (unpaired) electrons. The molecule has 0 aliphatic carbocycles. The molecule has 0 unspecified atom stereocenters. The van der Waals surface area contributed by atoms with Crippen LogP contribution < -0.4 is 5.32 Å². The van der Waals surface area contributed by atoms with Crippen molar-refractivity contribution < 1.29 is 14.3 Å². The van der Waals surface area contributed by atoms with Crippen LogP contribution in [0.15, 0.2) is 42.5 Å². The minimum Gasteiger partial charge on any atom is -0.455 e. The van der Waals surface area contributed by atoms with Crippen molar-refractivity contribution in [3.05, 3.63) is 63.1 Å². The first-order valence-electron chi connectivity index (χ1n) is 6.59. The highest BCUT2D eigenvalue weighted by atomic mass is 35.5. The third kappa shape index (κ3) is 5.75. The standard InChI is InChI=1S/C16H12Cl3NO3/c17-11-3-5-13(6-4-11)20-15(21)9-23-16(22)7-10-1-2-12(18)8-14(10)19/h1-6,8H,7,9H2,(H,20,21). The number of rotatable bonds is 5. The van der Waals surface area contributed by atoms with Crippen molar-refractivity contribution >= 4 is 52.4 Å². The Bertz CT molecular complexity index is 717. The summed E-state index contributed by atoms with van der Waals surface area (Å²) in [5.74, 6) is -0.997. The number of carbonyl (C=O) groups is 2. The van der Waals surface area contributed by atoms with Crippen molar-refractivity contribution in [2.24, 2.45) is 0 Å². The molecule has 0 saturated carbocycles. The molecule has 23 heavy (non-hydrogen) atoms. The van der Waals surface area contributed by atoms with Crippen LogP contribution in [0.5, 0.6) is 0 Å². The van der Waals surface area contributed by atoms with Gasteiger partial charge in [0.25, 0.3) is 5.91 Å². The number of ether oxygens (including phenoxy) is 1. The van der Waals surface area contributed by atoms with E-state index in [2.05, 4.69) is 5.32 Å². The molecule has 0 fully saturated rings. The largest absolute Gasteiger partial charge is 0.455 e. The van der Waals surface area contributed by atoms with Crippen LogP contribution >= 0.6 is 34.8 Å². The first kappa shape index (κ1) is 17.6. The lowest BCUT2D eigenvalue weighted by atomic mass is 10.1. The maximum absolute atomic E-state index is 11.7. The van der Waals surface area contributed by atoms with Gasteiger partial charge in [0.2, 0.25) is 0 Å². The number of hydrogen-bond donors (Lipinski definition) is 1. The van der Waals surface area contributed by atoms with Gasteiger partial charge in [0, 0.05) is 20.8 Å².